The van der Waals surface area contributed by atoms with Gasteiger partial charge >= 0.3 is 5.97 Å². The number of hydrogen-bond acceptors (Lipinski definition) is 4. The lowest BCUT2D eigenvalue weighted by atomic mass is 10.1. The molecule has 1 heterocycles. The number of nitrogens with one attached hydrogen (secondary N) is 1. The lowest BCUT2D eigenvalue weighted by molar-refractivity contribution is -0.116. The number of ether oxygens (including phenoxy) is 1. The quantitative estimate of drug-likeness (QED) is 0.850. The Bertz CT molecular complexity index is 788. The monoisotopic (exact) mass is 338 g/mol. The lowest BCUT2D eigenvalue weighted by Gasteiger charge is -2.24. The fraction of sp³-hybridized carbons (Fsp3) is 0.300. The van der Waals surface area contributed by atoms with Crippen molar-refractivity contribution in [1.82, 2.24) is 0 Å². The van der Waals surface area contributed by atoms with Gasteiger partial charge in [-0.3, -0.25) is 4.79 Å². The van der Waals surface area contributed by atoms with Crippen LogP contribution in [-0.4, -0.2) is 31.6 Å². The molecule has 25 heavy (non-hydrogen) atoms. The van der Waals surface area contributed by atoms with Crippen LogP contribution < -0.4 is 10.2 Å². The third-order valence-electron chi connectivity index (χ3n) is 4.50. The first-order valence-electron chi connectivity index (χ1n) is 8.41. The number of carbonyl (C=O) groups is 2. The van der Waals surface area contributed by atoms with Crippen molar-refractivity contribution < 1.29 is 14.3 Å². The van der Waals surface area contributed by atoms with Gasteiger partial charge in [0.25, 0.3) is 0 Å². The van der Waals surface area contributed by atoms with Gasteiger partial charge in [-0.1, -0.05) is 24.3 Å². The number of rotatable bonds is 5. The molecule has 2 aromatic rings. The van der Waals surface area contributed by atoms with Gasteiger partial charge in [0, 0.05) is 30.4 Å². The SMILES string of the molecule is COC(=O)c1cccc(NC(=O)CCN2c3ccccc3CC2C)c1. The number of carbonyl (C=O) groups excluding carboxylic acids is 2. The highest BCUT2D eigenvalue weighted by atomic mass is 16.5. The molecule has 0 spiro atoms. The molecule has 0 aromatic heterocycles. The molecule has 1 aliphatic rings. The van der Waals surface area contributed by atoms with Crippen molar-refractivity contribution in [2.45, 2.75) is 25.8 Å². The van der Waals surface area contributed by atoms with Crippen LogP contribution in [0, 0.1) is 0 Å². The maximum Gasteiger partial charge on any atom is 0.337 e. The molecule has 0 fully saturated rings. The smallest absolute Gasteiger partial charge is 0.337 e. The van der Waals surface area contributed by atoms with E-state index in [0.717, 1.165) is 6.42 Å². The predicted octanol–water partition coefficient (Wildman–Crippen LogP) is 3.25. The Balaban J connectivity index is 1.60. The maximum atomic E-state index is 12.3. The molecule has 0 saturated heterocycles. The van der Waals surface area contributed by atoms with Crippen molar-refractivity contribution in [2.24, 2.45) is 0 Å². The van der Waals surface area contributed by atoms with Gasteiger partial charge in [0.05, 0.1) is 12.7 Å². The van der Waals surface area contributed by atoms with Gasteiger partial charge in [-0.2, -0.15) is 0 Å². The van der Waals surface area contributed by atoms with Crippen LogP contribution in [0.15, 0.2) is 48.5 Å². The van der Waals surface area contributed by atoms with E-state index >= 15 is 0 Å². The highest BCUT2D eigenvalue weighted by molar-refractivity contribution is 5.94. The minimum absolute atomic E-state index is 0.0707. The molecule has 1 amide bonds. The van der Waals surface area contributed by atoms with Crippen molar-refractivity contribution in [2.75, 3.05) is 23.9 Å². The normalized spacial score (nSPS) is 15.6. The van der Waals surface area contributed by atoms with Crippen molar-refractivity contribution in [1.29, 1.82) is 0 Å². The Labute approximate surface area is 147 Å². The average Bonchev–Trinajstić information content (AvgIpc) is 2.94. The van der Waals surface area contributed by atoms with Crippen LogP contribution in [0.2, 0.25) is 0 Å². The summed E-state index contributed by atoms with van der Waals surface area (Å²) in [4.78, 5) is 26.1. The van der Waals surface area contributed by atoms with Crippen molar-refractivity contribution in [3.63, 3.8) is 0 Å². The molecule has 0 bridgehead atoms. The first-order chi connectivity index (χ1) is 12.1. The second kappa shape index (κ2) is 7.38. The predicted molar refractivity (Wildman–Crippen MR) is 98.0 cm³/mol. The Morgan fingerprint density at radius 3 is 2.80 bits per heavy atom. The zero-order chi connectivity index (χ0) is 17.8. The van der Waals surface area contributed by atoms with E-state index in [-0.39, 0.29) is 5.91 Å². The number of nitrogens with zero attached hydrogens (tertiary/aromatic N) is 1. The Hall–Kier alpha value is -2.82. The van der Waals surface area contributed by atoms with Crippen LogP contribution in [0.25, 0.3) is 0 Å². The minimum atomic E-state index is -0.418. The van der Waals surface area contributed by atoms with Crippen molar-refractivity contribution in [3.8, 4) is 0 Å². The summed E-state index contributed by atoms with van der Waals surface area (Å²) in [5.41, 5.74) is 3.57. The first kappa shape index (κ1) is 17.0. The number of para-hydroxylation sites is 1. The van der Waals surface area contributed by atoms with Crippen LogP contribution in [0.4, 0.5) is 11.4 Å². The topological polar surface area (TPSA) is 58.6 Å². The Morgan fingerprint density at radius 2 is 2.00 bits per heavy atom. The van der Waals surface area contributed by atoms with Crippen molar-refractivity contribution >= 4 is 23.3 Å². The molecule has 1 unspecified atom stereocenters. The number of fused-ring (bicyclic) bond motifs is 1. The van der Waals surface area contributed by atoms with Gasteiger partial charge in [0.1, 0.15) is 0 Å². The summed E-state index contributed by atoms with van der Waals surface area (Å²) in [7, 11) is 1.34. The average molecular weight is 338 g/mol. The van der Waals surface area contributed by atoms with Gasteiger partial charge < -0.3 is 15.0 Å². The summed E-state index contributed by atoms with van der Waals surface area (Å²) < 4.78 is 4.70. The summed E-state index contributed by atoms with van der Waals surface area (Å²) in [5, 5.41) is 2.85. The van der Waals surface area contributed by atoms with Gasteiger partial charge in [-0.25, -0.2) is 4.79 Å². The number of esters is 1. The molecule has 1 N–H and O–H groups in total. The Morgan fingerprint density at radius 1 is 1.20 bits per heavy atom. The Kier molecular flexibility index (Phi) is 5.03. The van der Waals surface area contributed by atoms with Crippen LogP contribution in [-0.2, 0) is 16.0 Å². The molecule has 1 aliphatic heterocycles. The fourth-order valence-corrected chi connectivity index (χ4v) is 3.26. The van der Waals surface area contributed by atoms with Crippen molar-refractivity contribution in [3.05, 3.63) is 59.7 Å². The third-order valence-corrected chi connectivity index (χ3v) is 4.50. The van der Waals surface area contributed by atoms with Crippen LogP contribution >= 0.6 is 0 Å². The number of methoxy groups -OCH3 is 1. The molecular formula is C20H22N2O3. The number of benzene rings is 2. The zero-order valence-electron chi connectivity index (χ0n) is 14.5. The molecule has 2 aromatic carbocycles. The molecule has 5 heteroatoms. The van der Waals surface area contributed by atoms with E-state index in [2.05, 4.69) is 35.3 Å². The van der Waals surface area contributed by atoms with Gasteiger partial charge in [0.15, 0.2) is 0 Å². The fourth-order valence-electron chi connectivity index (χ4n) is 3.26. The van der Waals surface area contributed by atoms with E-state index in [1.165, 1.54) is 18.4 Å². The summed E-state index contributed by atoms with van der Waals surface area (Å²) in [6.07, 6.45) is 1.40. The molecule has 0 saturated carbocycles. The minimum Gasteiger partial charge on any atom is -0.465 e. The van der Waals surface area contributed by atoms with Crippen LogP contribution in [0.1, 0.15) is 29.3 Å². The van der Waals surface area contributed by atoms with Crippen LogP contribution in [0.5, 0.6) is 0 Å². The second-order valence-corrected chi connectivity index (χ2v) is 6.25. The largest absolute Gasteiger partial charge is 0.465 e. The standard InChI is InChI=1S/C20H22N2O3/c1-14-12-15-6-3-4-9-18(15)22(14)11-10-19(23)21-17-8-5-7-16(13-17)20(24)25-2/h3-9,13-14H,10-12H2,1-2H3,(H,21,23). The highest BCUT2D eigenvalue weighted by Crippen LogP contribution is 2.31. The number of hydrogen-bond donors (Lipinski definition) is 1. The second-order valence-electron chi connectivity index (χ2n) is 6.25. The molecule has 130 valence electrons. The zero-order valence-corrected chi connectivity index (χ0v) is 14.5. The lowest BCUT2D eigenvalue weighted by Crippen LogP contribution is -2.32. The van der Waals surface area contributed by atoms with E-state index in [9.17, 15) is 9.59 Å². The molecule has 5 nitrogen and oxygen atoms in total. The summed E-state index contributed by atoms with van der Waals surface area (Å²) in [6, 6.07) is 15.5. The van der Waals surface area contributed by atoms with Gasteiger partial charge in [-0.15, -0.1) is 0 Å². The summed E-state index contributed by atoms with van der Waals surface area (Å²) >= 11 is 0. The van der Waals surface area contributed by atoms with Gasteiger partial charge in [-0.05, 0) is 43.2 Å². The highest BCUT2D eigenvalue weighted by Gasteiger charge is 2.25. The van der Waals surface area contributed by atoms with E-state index < -0.39 is 5.97 Å². The molecule has 0 radical (unpaired) electrons. The third kappa shape index (κ3) is 3.82. The first-order valence-corrected chi connectivity index (χ1v) is 8.41. The molecular weight excluding hydrogens is 316 g/mol. The number of anilines is 2. The molecule has 3 rings (SSSR count). The maximum absolute atomic E-state index is 12.3. The van der Waals surface area contributed by atoms with Crippen LogP contribution in [0.3, 0.4) is 0 Å². The van der Waals surface area contributed by atoms with E-state index in [4.69, 9.17) is 4.74 Å². The summed E-state index contributed by atoms with van der Waals surface area (Å²) in [5.74, 6) is -0.489. The van der Waals surface area contributed by atoms with Gasteiger partial charge in [0.2, 0.25) is 5.91 Å². The number of amides is 1. The summed E-state index contributed by atoms with van der Waals surface area (Å²) in [6.45, 7) is 2.85. The van der Waals surface area contributed by atoms with E-state index in [1.807, 2.05) is 6.07 Å². The van der Waals surface area contributed by atoms with E-state index in [0.29, 0.717) is 30.3 Å². The molecule has 0 aliphatic carbocycles. The van der Waals surface area contributed by atoms with E-state index in [1.54, 1.807) is 24.3 Å². The molecule has 1 atom stereocenters.